The first kappa shape index (κ1) is 13.8. The van der Waals surface area contributed by atoms with Crippen molar-refractivity contribution in [2.75, 3.05) is 13.2 Å². The largest absolute Gasteiger partial charge is 0.396 e. The molecule has 7 unspecified atom stereocenters. The summed E-state index contributed by atoms with van der Waals surface area (Å²) in [4.78, 5) is 0. The van der Waals surface area contributed by atoms with Crippen molar-refractivity contribution in [1.82, 2.24) is 0 Å². The first-order valence-corrected chi connectivity index (χ1v) is 7.54. The van der Waals surface area contributed by atoms with Gasteiger partial charge in [0.15, 0.2) is 0 Å². The highest BCUT2D eigenvalue weighted by Crippen LogP contribution is 2.64. The molecule has 1 aliphatic carbocycles. The number of aliphatic hydroxyl groups is 3. The van der Waals surface area contributed by atoms with Crippen LogP contribution < -0.4 is 0 Å². The number of aliphatic hydroxyl groups excluding tert-OH is 3. The average Bonchev–Trinajstić information content (AvgIpc) is 2.50. The molecule has 4 heteroatoms. The normalized spacial score (nSPS) is 57.0. The maximum Gasteiger partial charge on any atom is 0.0891 e. The molecule has 4 nitrogen and oxygen atoms in total. The molecule has 0 amide bonds. The molecular formula is C15H26O4. The molecule has 3 N–H and O–H groups in total. The van der Waals surface area contributed by atoms with E-state index in [1.54, 1.807) is 0 Å². The smallest absolute Gasteiger partial charge is 0.0891 e. The Bertz CT molecular complexity index is 360. The molecule has 2 heterocycles. The monoisotopic (exact) mass is 270 g/mol. The van der Waals surface area contributed by atoms with Gasteiger partial charge in [0.25, 0.3) is 0 Å². The van der Waals surface area contributed by atoms with Crippen LogP contribution in [0.3, 0.4) is 0 Å². The molecule has 1 spiro atoms. The van der Waals surface area contributed by atoms with Gasteiger partial charge in [-0.15, -0.1) is 0 Å². The lowest BCUT2D eigenvalue weighted by molar-refractivity contribution is -0.306. The van der Waals surface area contributed by atoms with Crippen LogP contribution in [0.25, 0.3) is 0 Å². The highest BCUT2D eigenvalue weighted by atomic mass is 16.5. The number of hydrogen-bond acceptors (Lipinski definition) is 4. The topological polar surface area (TPSA) is 69.9 Å². The van der Waals surface area contributed by atoms with Crippen LogP contribution in [0, 0.1) is 23.2 Å². The zero-order chi connectivity index (χ0) is 13.8. The van der Waals surface area contributed by atoms with E-state index in [9.17, 15) is 15.3 Å². The molecule has 0 radical (unpaired) electrons. The third kappa shape index (κ3) is 1.73. The average molecular weight is 270 g/mol. The summed E-state index contributed by atoms with van der Waals surface area (Å²) in [6, 6.07) is 0. The molecule has 2 bridgehead atoms. The van der Waals surface area contributed by atoms with Crippen LogP contribution in [0.15, 0.2) is 0 Å². The second kappa shape index (κ2) is 4.42. The van der Waals surface area contributed by atoms with Crippen LogP contribution >= 0.6 is 0 Å². The molecular weight excluding hydrogens is 244 g/mol. The Labute approximate surface area is 114 Å². The van der Waals surface area contributed by atoms with Gasteiger partial charge in [-0.25, -0.2) is 0 Å². The minimum absolute atomic E-state index is 0.0351. The molecule has 19 heavy (non-hydrogen) atoms. The summed E-state index contributed by atoms with van der Waals surface area (Å²) in [6.45, 7) is 4.57. The third-order valence-electron chi connectivity index (χ3n) is 6.16. The van der Waals surface area contributed by atoms with E-state index in [2.05, 4.69) is 13.8 Å². The molecule has 0 aromatic rings. The maximum absolute atomic E-state index is 10.2. The highest BCUT2D eigenvalue weighted by Gasteiger charge is 2.67. The zero-order valence-electron chi connectivity index (χ0n) is 11.9. The van der Waals surface area contributed by atoms with Crippen molar-refractivity contribution in [3.63, 3.8) is 0 Å². The minimum atomic E-state index is -0.461. The van der Waals surface area contributed by atoms with Crippen LogP contribution in [0.2, 0.25) is 0 Å². The Morgan fingerprint density at radius 2 is 2.00 bits per heavy atom. The zero-order valence-corrected chi connectivity index (χ0v) is 11.9. The molecule has 1 saturated carbocycles. The summed E-state index contributed by atoms with van der Waals surface area (Å²) in [5, 5.41) is 29.5. The van der Waals surface area contributed by atoms with Gasteiger partial charge in [0, 0.05) is 19.1 Å². The molecule has 3 aliphatic rings. The molecule has 2 aliphatic heterocycles. The number of fused-ring (bicyclic) bond motifs is 1. The molecule has 0 aromatic carbocycles. The van der Waals surface area contributed by atoms with Crippen LogP contribution in [0.5, 0.6) is 0 Å². The van der Waals surface area contributed by atoms with Crippen LogP contribution in [-0.2, 0) is 4.74 Å². The Balaban J connectivity index is 1.93. The number of rotatable bonds is 2. The van der Waals surface area contributed by atoms with Crippen LogP contribution in [-0.4, -0.2) is 46.3 Å². The molecule has 3 rings (SSSR count). The van der Waals surface area contributed by atoms with Gasteiger partial charge in [-0.1, -0.05) is 13.8 Å². The van der Waals surface area contributed by atoms with Crippen LogP contribution in [0.1, 0.15) is 39.5 Å². The van der Waals surface area contributed by atoms with Crippen molar-refractivity contribution in [2.24, 2.45) is 23.2 Å². The SMILES string of the molecule is CC1CC(O)C2OC13CC(C)(CO)C3CCC2CO. The van der Waals surface area contributed by atoms with Gasteiger partial charge in [0.2, 0.25) is 0 Å². The van der Waals surface area contributed by atoms with Gasteiger partial charge in [-0.05, 0) is 42.9 Å². The second-order valence-corrected chi connectivity index (χ2v) is 7.30. The standard InChI is InChI=1S/C15H26O4/c1-9-5-11(18)13-10(6-16)3-4-12-14(2,8-17)7-15(9,12)19-13/h9-13,16-18H,3-8H2,1-2H3. The summed E-state index contributed by atoms with van der Waals surface area (Å²) in [6.07, 6.45) is 2.80. The van der Waals surface area contributed by atoms with Gasteiger partial charge in [0.05, 0.1) is 17.8 Å². The predicted molar refractivity (Wildman–Crippen MR) is 70.5 cm³/mol. The fourth-order valence-electron chi connectivity index (χ4n) is 5.03. The summed E-state index contributed by atoms with van der Waals surface area (Å²) in [5.74, 6) is 0.709. The Morgan fingerprint density at radius 1 is 1.26 bits per heavy atom. The first-order valence-electron chi connectivity index (χ1n) is 7.54. The van der Waals surface area contributed by atoms with Crippen molar-refractivity contribution in [1.29, 1.82) is 0 Å². The summed E-state index contributed by atoms with van der Waals surface area (Å²) >= 11 is 0. The molecule has 7 atom stereocenters. The second-order valence-electron chi connectivity index (χ2n) is 7.30. The Kier molecular flexibility index (Phi) is 3.21. The number of hydrogen-bond donors (Lipinski definition) is 3. The van der Waals surface area contributed by atoms with E-state index in [4.69, 9.17) is 4.74 Å². The van der Waals surface area contributed by atoms with Crippen molar-refractivity contribution in [2.45, 2.75) is 57.3 Å². The van der Waals surface area contributed by atoms with Crippen molar-refractivity contribution >= 4 is 0 Å². The highest BCUT2D eigenvalue weighted by molar-refractivity contribution is 5.16. The van der Waals surface area contributed by atoms with E-state index in [1.165, 1.54) is 0 Å². The van der Waals surface area contributed by atoms with E-state index in [-0.39, 0.29) is 36.3 Å². The van der Waals surface area contributed by atoms with E-state index < -0.39 is 6.10 Å². The molecule has 110 valence electrons. The Morgan fingerprint density at radius 3 is 2.63 bits per heavy atom. The van der Waals surface area contributed by atoms with Gasteiger partial charge < -0.3 is 20.1 Å². The van der Waals surface area contributed by atoms with E-state index in [1.807, 2.05) is 0 Å². The lowest BCUT2D eigenvalue weighted by Gasteiger charge is -2.65. The van der Waals surface area contributed by atoms with Crippen LogP contribution in [0.4, 0.5) is 0 Å². The van der Waals surface area contributed by atoms with Gasteiger partial charge >= 0.3 is 0 Å². The fraction of sp³-hybridized carbons (Fsp3) is 1.00. The lowest BCUT2D eigenvalue weighted by atomic mass is 9.47. The quantitative estimate of drug-likeness (QED) is 0.698. The predicted octanol–water partition coefficient (Wildman–Crippen LogP) is 0.932. The first-order chi connectivity index (χ1) is 8.97. The lowest BCUT2D eigenvalue weighted by Crippen LogP contribution is -2.69. The molecule has 3 fully saturated rings. The van der Waals surface area contributed by atoms with Crippen molar-refractivity contribution < 1.29 is 20.1 Å². The molecule has 0 aromatic heterocycles. The van der Waals surface area contributed by atoms with E-state index in [0.29, 0.717) is 11.8 Å². The Hall–Kier alpha value is -0.160. The van der Waals surface area contributed by atoms with Gasteiger partial charge in [-0.3, -0.25) is 0 Å². The number of ether oxygens (including phenoxy) is 1. The fourth-order valence-corrected chi connectivity index (χ4v) is 5.03. The van der Waals surface area contributed by atoms with Crippen molar-refractivity contribution in [3.8, 4) is 0 Å². The van der Waals surface area contributed by atoms with Gasteiger partial charge in [-0.2, -0.15) is 0 Å². The summed E-state index contributed by atoms with van der Waals surface area (Å²) in [5.41, 5.74) is -0.225. The molecule has 2 saturated heterocycles. The van der Waals surface area contributed by atoms with E-state index >= 15 is 0 Å². The van der Waals surface area contributed by atoms with Gasteiger partial charge in [0.1, 0.15) is 0 Å². The minimum Gasteiger partial charge on any atom is -0.396 e. The van der Waals surface area contributed by atoms with Crippen molar-refractivity contribution in [3.05, 3.63) is 0 Å². The maximum atomic E-state index is 10.2. The summed E-state index contributed by atoms with van der Waals surface area (Å²) in [7, 11) is 0. The third-order valence-corrected chi connectivity index (χ3v) is 6.16. The summed E-state index contributed by atoms with van der Waals surface area (Å²) < 4.78 is 6.34. The van der Waals surface area contributed by atoms with E-state index in [0.717, 1.165) is 25.7 Å².